The zero-order chi connectivity index (χ0) is 15.1. The van der Waals surface area contributed by atoms with Gasteiger partial charge in [0.05, 0.1) is 0 Å². The zero-order valence-electron chi connectivity index (χ0n) is 12.8. The standard InChI is InChI=1S/C14H28N2O3/c1-6-14(5,10-15-11(2)18)8-13(3,4)9-16-12(19)7-17/h17H,6-10H2,1-5H3,(H,15,18)(H,16,19). The van der Waals surface area contributed by atoms with Crippen molar-refractivity contribution in [3.63, 3.8) is 0 Å². The molecule has 0 aliphatic heterocycles. The molecule has 0 fully saturated rings. The minimum atomic E-state index is -0.479. The van der Waals surface area contributed by atoms with Gasteiger partial charge in [-0.15, -0.1) is 0 Å². The van der Waals surface area contributed by atoms with Crippen LogP contribution < -0.4 is 10.6 Å². The fourth-order valence-electron chi connectivity index (χ4n) is 2.26. The van der Waals surface area contributed by atoms with Gasteiger partial charge in [-0.3, -0.25) is 9.59 Å². The van der Waals surface area contributed by atoms with E-state index >= 15 is 0 Å². The summed E-state index contributed by atoms with van der Waals surface area (Å²) in [5, 5.41) is 14.3. The topological polar surface area (TPSA) is 78.4 Å². The highest BCUT2D eigenvalue weighted by Gasteiger charge is 2.31. The minimum absolute atomic E-state index is 0.000881. The van der Waals surface area contributed by atoms with Gasteiger partial charge < -0.3 is 15.7 Å². The summed E-state index contributed by atoms with van der Waals surface area (Å²) in [6.45, 7) is 10.6. The van der Waals surface area contributed by atoms with E-state index in [1.54, 1.807) is 0 Å². The van der Waals surface area contributed by atoms with E-state index < -0.39 is 6.61 Å². The van der Waals surface area contributed by atoms with Gasteiger partial charge in [-0.25, -0.2) is 0 Å². The average Bonchev–Trinajstić information content (AvgIpc) is 2.33. The van der Waals surface area contributed by atoms with E-state index in [0.717, 1.165) is 12.8 Å². The first kappa shape index (κ1) is 17.9. The molecule has 0 aromatic carbocycles. The quantitative estimate of drug-likeness (QED) is 0.618. The third-order valence-electron chi connectivity index (χ3n) is 3.43. The molecule has 0 aliphatic carbocycles. The Hall–Kier alpha value is -1.10. The lowest BCUT2D eigenvalue weighted by Crippen LogP contribution is -2.42. The number of carbonyl (C=O) groups excluding carboxylic acids is 2. The molecule has 0 aliphatic rings. The summed E-state index contributed by atoms with van der Waals surface area (Å²) in [6, 6.07) is 0. The maximum Gasteiger partial charge on any atom is 0.245 e. The minimum Gasteiger partial charge on any atom is -0.387 e. The van der Waals surface area contributed by atoms with E-state index in [9.17, 15) is 9.59 Å². The SMILES string of the molecule is CCC(C)(CNC(C)=O)CC(C)(C)CNC(=O)CO. The van der Waals surface area contributed by atoms with E-state index in [1.807, 2.05) is 0 Å². The number of hydrogen-bond donors (Lipinski definition) is 3. The Morgan fingerprint density at radius 3 is 2.11 bits per heavy atom. The highest BCUT2D eigenvalue weighted by Crippen LogP contribution is 2.35. The summed E-state index contributed by atoms with van der Waals surface area (Å²) >= 11 is 0. The normalized spacial score (nSPS) is 14.6. The maximum absolute atomic E-state index is 11.1. The summed E-state index contributed by atoms with van der Waals surface area (Å²) in [5.74, 6) is -0.376. The smallest absolute Gasteiger partial charge is 0.245 e. The lowest BCUT2D eigenvalue weighted by atomic mass is 9.72. The van der Waals surface area contributed by atoms with E-state index in [1.165, 1.54) is 6.92 Å². The van der Waals surface area contributed by atoms with Crippen LogP contribution in [0, 0.1) is 10.8 Å². The maximum atomic E-state index is 11.1. The first-order valence-electron chi connectivity index (χ1n) is 6.76. The Morgan fingerprint density at radius 1 is 1.11 bits per heavy atom. The van der Waals surface area contributed by atoms with E-state index in [-0.39, 0.29) is 22.6 Å². The van der Waals surface area contributed by atoms with Crippen LogP contribution in [0.1, 0.15) is 47.5 Å². The summed E-state index contributed by atoms with van der Waals surface area (Å²) in [6.07, 6.45) is 1.83. The van der Waals surface area contributed by atoms with Crippen molar-refractivity contribution in [2.45, 2.75) is 47.5 Å². The van der Waals surface area contributed by atoms with E-state index in [4.69, 9.17) is 5.11 Å². The largest absolute Gasteiger partial charge is 0.387 e. The van der Waals surface area contributed by atoms with Gasteiger partial charge in [0.2, 0.25) is 11.8 Å². The molecular weight excluding hydrogens is 244 g/mol. The molecule has 0 aromatic heterocycles. The van der Waals surface area contributed by atoms with Crippen molar-refractivity contribution >= 4 is 11.8 Å². The van der Waals surface area contributed by atoms with Crippen LogP contribution in [0.5, 0.6) is 0 Å². The highest BCUT2D eigenvalue weighted by atomic mass is 16.3. The van der Waals surface area contributed by atoms with Crippen LogP contribution in [0.4, 0.5) is 0 Å². The fourth-order valence-corrected chi connectivity index (χ4v) is 2.26. The molecule has 2 amide bonds. The Balaban J connectivity index is 4.47. The van der Waals surface area contributed by atoms with Gasteiger partial charge in [0.1, 0.15) is 6.61 Å². The number of carbonyl (C=O) groups is 2. The Morgan fingerprint density at radius 2 is 1.68 bits per heavy atom. The van der Waals surface area contributed by atoms with Crippen LogP contribution in [0.25, 0.3) is 0 Å². The predicted molar refractivity (Wildman–Crippen MR) is 75.6 cm³/mol. The highest BCUT2D eigenvalue weighted by molar-refractivity contribution is 5.76. The van der Waals surface area contributed by atoms with Crippen molar-refractivity contribution in [2.24, 2.45) is 10.8 Å². The molecule has 3 N–H and O–H groups in total. The second kappa shape index (κ2) is 7.48. The summed E-state index contributed by atoms with van der Waals surface area (Å²) in [4.78, 5) is 22.1. The molecule has 5 nitrogen and oxygen atoms in total. The fraction of sp³-hybridized carbons (Fsp3) is 0.857. The van der Waals surface area contributed by atoms with Crippen LogP contribution >= 0.6 is 0 Å². The lowest BCUT2D eigenvalue weighted by Gasteiger charge is -2.37. The van der Waals surface area contributed by atoms with Gasteiger partial charge in [0.15, 0.2) is 0 Å². The average molecular weight is 272 g/mol. The number of hydrogen-bond acceptors (Lipinski definition) is 3. The van der Waals surface area contributed by atoms with Crippen LogP contribution in [0.3, 0.4) is 0 Å². The van der Waals surface area contributed by atoms with Gasteiger partial charge in [-0.05, 0) is 23.7 Å². The predicted octanol–water partition coefficient (Wildman–Crippen LogP) is 1.06. The van der Waals surface area contributed by atoms with Crippen LogP contribution in [-0.4, -0.2) is 36.6 Å². The molecule has 0 radical (unpaired) electrons. The number of aliphatic hydroxyl groups excluding tert-OH is 1. The number of amides is 2. The number of rotatable bonds is 8. The van der Waals surface area contributed by atoms with E-state index in [2.05, 4.69) is 38.3 Å². The molecular formula is C14H28N2O3. The molecule has 1 unspecified atom stereocenters. The summed E-state index contributed by atoms with van der Waals surface area (Å²) < 4.78 is 0. The summed E-state index contributed by atoms with van der Waals surface area (Å²) in [5.41, 5.74) is -0.0901. The van der Waals surface area contributed by atoms with Gasteiger partial charge >= 0.3 is 0 Å². The Bertz CT molecular complexity index is 316. The van der Waals surface area contributed by atoms with E-state index in [0.29, 0.717) is 13.1 Å². The van der Waals surface area contributed by atoms with Crippen molar-refractivity contribution in [3.8, 4) is 0 Å². The Labute approximate surface area is 116 Å². The molecule has 0 spiro atoms. The van der Waals surface area contributed by atoms with Crippen molar-refractivity contribution in [3.05, 3.63) is 0 Å². The molecule has 0 bridgehead atoms. The molecule has 0 heterocycles. The second-order valence-electron chi connectivity index (χ2n) is 6.35. The third-order valence-corrected chi connectivity index (χ3v) is 3.43. The zero-order valence-corrected chi connectivity index (χ0v) is 12.8. The van der Waals surface area contributed by atoms with Gasteiger partial charge in [0, 0.05) is 20.0 Å². The molecule has 19 heavy (non-hydrogen) atoms. The molecule has 0 aromatic rings. The Kier molecular flexibility index (Phi) is 7.05. The monoisotopic (exact) mass is 272 g/mol. The van der Waals surface area contributed by atoms with Gasteiger partial charge in [-0.1, -0.05) is 27.7 Å². The first-order valence-corrected chi connectivity index (χ1v) is 6.76. The molecule has 0 saturated heterocycles. The van der Waals surface area contributed by atoms with Crippen LogP contribution in [0.15, 0.2) is 0 Å². The first-order chi connectivity index (χ1) is 8.64. The van der Waals surface area contributed by atoms with Crippen molar-refractivity contribution < 1.29 is 14.7 Å². The lowest BCUT2D eigenvalue weighted by molar-refractivity contribution is -0.124. The molecule has 0 saturated carbocycles. The van der Waals surface area contributed by atoms with Crippen molar-refractivity contribution in [1.82, 2.24) is 10.6 Å². The van der Waals surface area contributed by atoms with Crippen molar-refractivity contribution in [1.29, 1.82) is 0 Å². The molecule has 5 heteroatoms. The van der Waals surface area contributed by atoms with Crippen molar-refractivity contribution in [2.75, 3.05) is 19.7 Å². The summed E-state index contributed by atoms with van der Waals surface area (Å²) in [7, 11) is 0. The molecule has 0 rings (SSSR count). The van der Waals surface area contributed by atoms with Crippen LogP contribution in [-0.2, 0) is 9.59 Å². The second-order valence-corrected chi connectivity index (χ2v) is 6.35. The number of nitrogens with one attached hydrogen (secondary N) is 2. The number of aliphatic hydroxyl groups is 1. The molecule has 112 valence electrons. The third kappa shape index (κ3) is 7.82. The molecule has 1 atom stereocenters. The van der Waals surface area contributed by atoms with Gasteiger partial charge in [0.25, 0.3) is 0 Å². The van der Waals surface area contributed by atoms with Gasteiger partial charge in [-0.2, -0.15) is 0 Å². The van der Waals surface area contributed by atoms with Crippen LogP contribution in [0.2, 0.25) is 0 Å².